The van der Waals surface area contributed by atoms with Gasteiger partial charge in [0.05, 0.1) is 0 Å². The summed E-state index contributed by atoms with van der Waals surface area (Å²) in [6, 6.07) is 0. The average Bonchev–Trinajstić information content (AvgIpc) is 2.91. The predicted molar refractivity (Wildman–Crippen MR) is 72.6 cm³/mol. The molecule has 0 radical (unpaired) electrons. The summed E-state index contributed by atoms with van der Waals surface area (Å²) in [5, 5.41) is 3.16. The van der Waals surface area contributed by atoms with Crippen LogP contribution in [0.15, 0.2) is 0 Å². The maximum Gasteiger partial charge on any atom is 0.281 e. The number of nitrogens with one attached hydrogen (secondary N) is 1. The SMILES string of the molecule is CNCCC1CCN(S(=O)(=O)N2CCCC2)CC1. The van der Waals surface area contributed by atoms with Gasteiger partial charge in [-0.05, 0) is 51.6 Å². The second-order valence-electron chi connectivity index (χ2n) is 5.35. The van der Waals surface area contributed by atoms with Crippen LogP contribution >= 0.6 is 0 Å². The smallest absolute Gasteiger partial charge is 0.281 e. The third kappa shape index (κ3) is 3.23. The zero-order chi connectivity index (χ0) is 13.0. The molecule has 0 amide bonds. The Hall–Kier alpha value is -0.170. The molecule has 2 rings (SSSR count). The fourth-order valence-electron chi connectivity index (χ4n) is 2.86. The van der Waals surface area contributed by atoms with E-state index in [0.717, 1.165) is 38.6 Å². The maximum atomic E-state index is 12.3. The van der Waals surface area contributed by atoms with E-state index in [-0.39, 0.29) is 0 Å². The van der Waals surface area contributed by atoms with Crippen molar-refractivity contribution >= 4 is 10.2 Å². The first kappa shape index (κ1) is 14.2. The van der Waals surface area contributed by atoms with Gasteiger partial charge in [0, 0.05) is 26.2 Å². The van der Waals surface area contributed by atoms with Gasteiger partial charge in [0.2, 0.25) is 0 Å². The minimum Gasteiger partial charge on any atom is -0.320 e. The molecular formula is C12H25N3O2S. The molecule has 2 saturated heterocycles. The molecule has 106 valence electrons. The van der Waals surface area contributed by atoms with E-state index >= 15 is 0 Å². The molecule has 0 spiro atoms. The van der Waals surface area contributed by atoms with Crippen molar-refractivity contribution in [2.24, 2.45) is 5.92 Å². The summed E-state index contributed by atoms with van der Waals surface area (Å²) in [4.78, 5) is 0. The first-order valence-corrected chi connectivity index (χ1v) is 8.44. The van der Waals surface area contributed by atoms with E-state index in [1.54, 1.807) is 8.61 Å². The number of hydrogen-bond donors (Lipinski definition) is 1. The number of piperidine rings is 1. The number of nitrogens with zero attached hydrogens (tertiary/aromatic N) is 2. The molecule has 2 aliphatic rings. The molecule has 0 bridgehead atoms. The third-order valence-corrected chi connectivity index (χ3v) is 6.13. The third-order valence-electron chi connectivity index (χ3n) is 4.09. The Bertz CT molecular complexity index is 344. The van der Waals surface area contributed by atoms with Crippen molar-refractivity contribution in [3.8, 4) is 0 Å². The quantitative estimate of drug-likeness (QED) is 0.801. The fraction of sp³-hybridized carbons (Fsp3) is 1.00. The molecule has 5 nitrogen and oxygen atoms in total. The first-order chi connectivity index (χ1) is 8.64. The zero-order valence-corrected chi connectivity index (χ0v) is 12.1. The van der Waals surface area contributed by atoms with Crippen LogP contribution in [-0.4, -0.2) is 56.8 Å². The molecule has 0 unspecified atom stereocenters. The van der Waals surface area contributed by atoms with Crippen molar-refractivity contribution < 1.29 is 8.42 Å². The molecule has 1 N–H and O–H groups in total. The molecule has 0 aromatic rings. The van der Waals surface area contributed by atoms with Crippen LogP contribution in [0.3, 0.4) is 0 Å². The second-order valence-corrected chi connectivity index (χ2v) is 7.28. The van der Waals surface area contributed by atoms with Gasteiger partial charge in [0.15, 0.2) is 0 Å². The molecule has 6 heteroatoms. The largest absolute Gasteiger partial charge is 0.320 e. The summed E-state index contributed by atoms with van der Waals surface area (Å²) in [6.45, 7) is 3.86. The normalized spacial score (nSPS) is 24.7. The van der Waals surface area contributed by atoms with Gasteiger partial charge in [-0.25, -0.2) is 0 Å². The highest BCUT2D eigenvalue weighted by molar-refractivity contribution is 7.86. The van der Waals surface area contributed by atoms with Crippen molar-refractivity contribution in [1.82, 2.24) is 13.9 Å². The van der Waals surface area contributed by atoms with E-state index in [1.807, 2.05) is 7.05 Å². The molecule has 0 atom stereocenters. The Kier molecular flexibility index (Phi) is 5.00. The van der Waals surface area contributed by atoms with E-state index in [9.17, 15) is 8.42 Å². The van der Waals surface area contributed by atoms with Gasteiger partial charge < -0.3 is 5.32 Å². The van der Waals surface area contributed by atoms with Crippen molar-refractivity contribution in [3.05, 3.63) is 0 Å². The summed E-state index contributed by atoms with van der Waals surface area (Å²) in [5.74, 6) is 0.683. The van der Waals surface area contributed by atoms with Crippen LogP contribution in [0.5, 0.6) is 0 Å². The average molecular weight is 275 g/mol. The molecule has 2 aliphatic heterocycles. The van der Waals surface area contributed by atoms with E-state index in [4.69, 9.17) is 0 Å². The van der Waals surface area contributed by atoms with Gasteiger partial charge in [0.25, 0.3) is 10.2 Å². The van der Waals surface area contributed by atoms with Crippen LogP contribution in [0.2, 0.25) is 0 Å². The van der Waals surface area contributed by atoms with E-state index in [0.29, 0.717) is 32.1 Å². The Balaban J connectivity index is 1.85. The van der Waals surface area contributed by atoms with Crippen molar-refractivity contribution in [2.75, 3.05) is 39.8 Å². The number of rotatable bonds is 5. The van der Waals surface area contributed by atoms with Gasteiger partial charge in [-0.1, -0.05) is 0 Å². The molecule has 0 saturated carbocycles. The van der Waals surface area contributed by atoms with E-state index < -0.39 is 10.2 Å². The standard InChI is InChI=1S/C12H25N3O2S/c1-13-7-4-12-5-10-15(11-6-12)18(16,17)14-8-2-3-9-14/h12-13H,2-11H2,1H3. The highest BCUT2D eigenvalue weighted by Crippen LogP contribution is 2.25. The summed E-state index contributed by atoms with van der Waals surface area (Å²) in [5.41, 5.74) is 0. The van der Waals surface area contributed by atoms with Crippen LogP contribution in [0, 0.1) is 5.92 Å². The molecule has 0 aromatic heterocycles. The lowest BCUT2D eigenvalue weighted by Gasteiger charge is -2.33. The monoisotopic (exact) mass is 275 g/mol. The topological polar surface area (TPSA) is 52.7 Å². The zero-order valence-electron chi connectivity index (χ0n) is 11.3. The van der Waals surface area contributed by atoms with E-state index in [1.165, 1.54) is 0 Å². The van der Waals surface area contributed by atoms with Crippen molar-refractivity contribution in [2.45, 2.75) is 32.1 Å². The molecule has 0 aliphatic carbocycles. The molecule has 2 heterocycles. The van der Waals surface area contributed by atoms with Crippen molar-refractivity contribution in [3.63, 3.8) is 0 Å². The minimum absolute atomic E-state index is 0.683. The summed E-state index contributed by atoms with van der Waals surface area (Å²) in [7, 11) is -1.19. The molecule has 18 heavy (non-hydrogen) atoms. The Morgan fingerprint density at radius 2 is 1.61 bits per heavy atom. The lowest BCUT2D eigenvalue weighted by molar-refractivity contribution is 0.250. The summed E-state index contributed by atoms with van der Waals surface area (Å²) >= 11 is 0. The van der Waals surface area contributed by atoms with Crippen LogP contribution in [-0.2, 0) is 10.2 Å². The number of hydrogen-bond acceptors (Lipinski definition) is 3. The van der Waals surface area contributed by atoms with Gasteiger partial charge in [-0.3, -0.25) is 0 Å². The molecule has 0 aromatic carbocycles. The molecular weight excluding hydrogens is 250 g/mol. The van der Waals surface area contributed by atoms with Crippen molar-refractivity contribution in [1.29, 1.82) is 0 Å². The van der Waals surface area contributed by atoms with Crippen LogP contribution in [0.25, 0.3) is 0 Å². The van der Waals surface area contributed by atoms with Crippen LogP contribution in [0.1, 0.15) is 32.1 Å². The van der Waals surface area contributed by atoms with Gasteiger partial charge in [0.1, 0.15) is 0 Å². The lowest BCUT2D eigenvalue weighted by Crippen LogP contribution is -2.46. The van der Waals surface area contributed by atoms with E-state index in [2.05, 4.69) is 5.32 Å². The summed E-state index contributed by atoms with van der Waals surface area (Å²) < 4.78 is 28.0. The summed E-state index contributed by atoms with van der Waals surface area (Å²) in [6.07, 6.45) is 5.20. The second kappa shape index (κ2) is 6.32. The Labute approximate surface area is 111 Å². The maximum absolute atomic E-state index is 12.3. The van der Waals surface area contributed by atoms with Gasteiger partial charge >= 0.3 is 0 Å². The molecule has 2 fully saturated rings. The highest BCUT2D eigenvalue weighted by atomic mass is 32.2. The minimum atomic E-state index is -3.15. The Morgan fingerprint density at radius 1 is 1.06 bits per heavy atom. The predicted octanol–water partition coefficient (Wildman–Crippen LogP) is 0.649. The van der Waals surface area contributed by atoms with Gasteiger partial charge in [-0.2, -0.15) is 17.0 Å². The van der Waals surface area contributed by atoms with Gasteiger partial charge in [-0.15, -0.1) is 0 Å². The Morgan fingerprint density at radius 3 is 2.17 bits per heavy atom. The fourth-order valence-corrected chi connectivity index (χ4v) is 4.58. The lowest BCUT2D eigenvalue weighted by atomic mass is 9.95. The van der Waals surface area contributed by atoms with Crippen LogP contribution in [0.4, 0.5) is 0 Å². The van der Waals surface area contributed by atoms with Crippen LogP contribution < -0.4 is 5.32 Å². The first-order valence-electron chi connectivity index (χ1n) is 7.04. The highest BCUT2D eigenvalue weighted by Gasteiger charge is 2.33.